The molecule has 1 amide bonds. The number of aromatic nitrogens is 1. The summed E-state index contributed by atoms with van der Waals surface area (Å²) in [6.07, 6.45) is 6.15. The van der Waals surface area contributed by atoms with Crippen LogP contribution in [0.15, 0.2) is 87.5 Å². The van der Waals surface area contributed by atoms with E-state index in [-0.39, 0.29) is 23.9 Å². The lowest BCUT2D eigenvalue weighted by Gasteiger charge is -2.19. The van der Waals surface area contributed by atoms with Crippen molar-refractivity contribution in [1.29, 1.82) is 5.26 Å². The zero-order valence-electron chi connectivity index (χ0n) is 14.9. The summed E-state index contributed by atoms with van der Waals surface area (Å²) in [5.74, 6) is -0.307. The number of oxazole rings is 1. The minimum atomic E-state index is -0.492. The van der Waals surface area contributed by atoms with Crippen molar-refractivity contribution in [2.75, 3.05) is 6.54 Å². The fourth-order valence-electron chi connectivity index (χ4n) is 2.61. The van der Waals surface area contributed by atoms with Gasteiger partial charge >= 0.3 is 0 Å². The molecule has 3 rings (SSSR count). The molecule has 1 unspecified atom stereocenters. The second kappa shape index (κ2) is 8.88. The highest BCUT2D eigenvalue weighted by Crippen LogP contribution is 2.31. The van der Waals surface area contributed by atoms with Crippen LogP contribution in [0.3, 0.4) is 0 Å². The van der Waals surface area contributed by atoms with Crippen LogP contribution in [0, 0.1) is 11.3 Å². The molecule has 0 fully saturated rings. The predicted octanol–water partition coefficient (Wildman–Crippen LogP) is 3.41. The third-order valence-corrected chi connectivity index (χ3v) is 4.80. The molecule has 1 atom stereocenters. The average molecular weight is 391 g/mol. The van der Waals surface area contributed by atoms with E-state index in [4.69, 9.17) is 4.42 Å². The Bertz CT molecular complexity index is 1000. The molecule has 2 aromatic rings. The summed E-state index contributed by atoms with van der Waals surface area (Å²) in [6.45, 7) is 7.59. The average Bonchev–Trinajstić information content (AvgIpc) is 3.26. The quantitative estimate of drug-likeness (QED) is 0.426. The first kappa shape index (κ1) is 19.2. The van der Waals surface area contributed by atoms with Crippen LogP contribution >= 0.6 is 11.9 Å². The third-order valence-electron chi connectivity index (χ3n) is 3.94. The number of allylic oxidation sites excluding steroid dienone is 3. The highest BCUT2D eigenvalue weighted by molar-refractivity contribution is 7.98. The topological polar surface area (TPSA) is 103 Å². The molecule has 2 N–H and O–H groups in total. The zero-order chi connectivity index (χ0) is 19.9. The van der Waals surface area contributed by atoms with Gasteiger partial charge in [0.05, 0.1) is 28.8 Å². The Morgan fingerprint density at radius 2 is 2.29 bits per heavy atom. The number of amides is 1. The number of amidine groups is 1. The Hall–Kier alpha value is -3.57. The molecular formula is C20H17N5O2S. The number of hydrogen-bond donors (Lipinski definition) is 2. The largest absolute Gasteiger partial charge is 0.448 e. The van der Waals surface area contributed by atoms with Crippen LogP contribution in [0.2, 0.25) is 0 Å². The molecular weight excluding hydrogens is 374 g/mol. The molecule has 0 saturated heterocycles. The molecule has 0 saturated carbocycles. The van der Waals surface area contributed by atoms with E-state index < -0.39 is 5.92 Å². The summed E-state index contributed by atoms with van der Waals surface area (Å²) >= 11 is 1.33. The Morgan fingerprint density at radius 3 is 3.00 bits per heavy atom. The van der Waals surface area contributed by atoms with Crippen LogP contribution < -0.4 is 10.0 Å². The van der Waals surface area contributed by atoms with Crippen molar-refractivity contribution < 1.29 is 9.21 Å². The van der Waals surface area contributed by atoms with Crippen LogP contribution in [-0.4, -0.2) is 23.3 Å². The molecule has 1 aromatic heterocycles. The molecule has 7 nitrogen and oxygen atoms in total. The van der Waals surface area contributed by atoms with Gasteiger partial charge in [0.15, 0.2) is 0 Å². The van der Waals surface area contributed by atoms with Gasteiger partial charge in [0.2, 0.25) is 11.7 Å². The van der Waals surface area contributed by atoms with Gasteiger partial charge in [-0.15, -0.1) is 0 Å². The second-order valence-electron chi connectivity index (χ2n) is 5.71. The van der Waals surface area contributed by atoms with Crippen molar-refractivity contribution in [2.45, 2.75) is 10.8 Å². The number of rotatable bonds is 7. The Morgan fingerprint density at radius 1 is 1.46 bits per heavy atom. The van der Waals surface area contributed by atoms with Crippen LogP contribution in [0.25, 0.3) is 0 Å². The monoisotopic (exact) mass is 391 g/mol. The van der Waals surface area contributed by atoms with E-state index in [1.807, 2.05) is 30.3 Å². The first-order chi connectivity index (χ1) is 13.6. The van der Waals surface area contributed by atoms with Gasteiger partial charge < -0.3 is 14.5 Å². The number of carbonyl (C=O) groups excluding carboxylic acids is 1. The Kier molecular flexibility index (Phi) is 6.09. The molecule has 2 heterocycles. The van der Waals surface area contributed by atoms with E-state index in [1.54, 1.807) is 12.2 Å². The lowest BCUT2D eigenvalue weighted by Crippen LogP contribution is -2.40. The third kappa shape index (κ3) is 4.22. The van der Waals surface area contributed by atoms with E-state index in [1.165, 1.54) is 24.4 Å². The molecule has 1 aromatic carbocycles. The molecule has 0 aliphatic carbocycles. The normalized spacial score (nSPS) is 14.0. The van der Waals surface area contributed by atoms with Gasteiger partial charge in [-0.25, -0.2) is 9.98 Å². The minimum Gasteiger partial charge on any atom is -0.448 e. The Labute approximate surface area is 166 Å². The molecule has 8 heteroatoms. The van der Waals surface area contributed by atoms with Crippen LogP contribution in [0.1, 0.15) is 11.8 Å². The van der Waals surface area contributed by atoms with E-state index in [2.05, 4.69) is 33.2 Å². The molecule has 0 radical (unpaired) electrons. The van der Waals surface area contributed by atoms with Gasteiger partial charge in [-0.05, 0) is 29.7 Å². The SMILES string of the molecule is C=C/C=C(\C(=C)C#N)C(CNC(=O)C1=Nc2ccccc2SN1)c1ncco1. The number of nitrogens with zero attached hydrogens (tertiary/aromatic N) is 3. The fourth-order valence-corrected chi connectivity index (χ4v) is 3.32. The van der Waals surface area contributed by atoms with Crippen molar-refractivity contribution >= 4 is 29.4 Å². The van der Waals surface area contributed by atoms with Crippen molar-refractivity contribution in [3.05, 3.63) is 79.1 Å². The molecule has 1 aliphatic rings. The van der Waals surface area contributed by atoms with Crippen LogP contribution in [0.5, 0.6) is 0 Å². The summed E-state index contributed by atoms with van der Waals surface area (Å²) in [5, 5.41) is 12.1. The van der Waals surface area contributed by atoms with Gasteiger partial charge in [-0.1, -0.05) is 37.4 Å². The van der Waals surface area contributed by atoms with E-state index in [0.717, 1.165) is 10.6 Å². The number of aliphatic imine (C=N–C) groups is 1. The van der Waals surface area contributed by atoms with Crippen LogP contribution in [0.4, 0.5) is 5.69 Å². The lowest BCUT2D eigenvalue weighted by molar-refractivity contribution is -0.115. The summed E-state index contributed by atoms with van der Waals surface area (Å²) in [6, 6.07) is 9.55. The summed E-state index contributed by atoms with van der Waals surface area (Å²) in [7, 11) is 0. The van der Waals surface area contributed by atoms with E-state index >= 15 is 0 Å². The number of benzene rings is 1. The number of nitriles is 1. The maximum atomic E-state index is 12.6. The summed E-state index contributed by atoms with van der Waals surface area (Å²) in [5.41, 5.74) is 1.54. The number of fused-ring (bicyclic) bond motifs is 1. The molecule has 0 bridgehead atoms. The van der Waals surface area contributed by atoms with Gasteiger partial charge in [0.25, 0.3) is 5.91 Å². The zero-order valence-corrected chi connectivity index (χ0v) is 15.7. The number of hydrogen-bond acceptors (Lipinski definition) is 7. The first-order valence-corrected chi connectivity index (χ1v) is 9.15. The van der Waals surface area contributed by atoms with Gasteiger partial charge in [0, 0.05) is 12.1 Å². The van der Waals surface area contributed by atoms with Gasteiger partial charge in [-0.2, -0.15) is 5.26 Å². The maximum Gasteiger partial charge on any atom is 0.287 e. The lowest BCUT2D eigenvalue weighted by atomic mass is 9.92. The van der Waals surface area contributed by atoms with Crippen molar-refractivity contribution in [3.8, 4) is 6.07 Å². The fraction of sp³-hybridized carbons (Fsp3) is 0.100. The summed E-state index contributed by atoms with van der Waals surface area (Å²) < 4.78 is 8.34. The van der Waals surface area contributed by atoms with E-state index in [0.29, 0.717) is 11.5 Å². The Balaban J connectivity index is 1.79. The summed E-state index contributed by atoms with van der Waals surface area (Å²) in [4.78, 5) is 22.1. The highest BCUT2D eigenvalue weighted by atomic mass is 32.2. The van der Waals surface area contributed by atoms with Crippen molar-refractivity contribution in [3.63, 3.8) is 0 Å². The molecule has 0 spiro atoms. The van der Waals surface area contributed by atoms with Crippen LogP contribution in [-0.2, 0) is 4.79 Å². The standard InChI is InChI=1S/C20H17N5O2S/c1-3-6-14(13(2)11-21)15(20-22-9-10-27-20)12-23-19(26)18-24-16-7-4-5-8-17(16)28-25-18/h3-10,15H,1-2,12H2,(H,23,26)(H,24,25)/b14-6+. The van der Waals surface area contributed by atoms with Crippen molar-refractivity contribution in [1.82, 2.24) is 15.0 Å². The second-order valence-corrected chi connectivity index (χ2v) is 6.56. The number of para-hydroxylation sites is 1. The van der Waals surface area contributed by atoms with Gasteiger partial charge in [-0.3, -0.25) is 4.79 Å². The highest BCUT2D eigenvalue weighted by Gasteiger charge is 2.25. The molecule has 140 valence electrons. The van der Waals surface area contributed by atoms with E-state index in [9.17, 15) is 10.1 Å². The smallest absolute Gasteiger partial charge is 0.287 e. The van der Waals surface area contributed by atoms with Gasteiger partial charge in [0.1, 0.15) is 6.26 Å². The minimum absolute atomic E-state index is 0.146. The predicted molar refractivity (Wildman–Crippen MR) is 108 cm³/mol. The number of carbonyl (C=O) groups is 1. The number of nitrogens with one attached hydrogen (secondary N) is 2. The van der Waals surface area contributed by atoms with Crippen molar-refractivity contribution in [2.24, 2.45) is 4.99 Å². The first-order valence-electron chi connectivity index (χ1n) is 8.34. The molecule has 28 heavy (non-hydrogen) atoms. The maximum absolute atomic E-state index is 12.6. The molecule has 1 aliphatic heterocycles.